The highest BCUT2D eigenvalue weighted by molar-refractivity contribution is 5.74. The third-order valence-corrected chi connectivity index (χ3v) is 3.13. The quantitative estimate of drug-likeness (QED) is 0.494. The van der Waals surface area contributed by atoms with Crippen LogP contribution in [0.5, 0.6) is 0 Å². The molecule has 0 unspecified atom stereocenters. The molecule has 0 spiro atoms. The molecular weight excluding hydrogens is 258 g/mol. The summed E-state index contributed by atoms with van der Waals surface area (Å²) in [6, 6.07) is -0.126. The number of aliphatic hydroxyl groups excluding tert-OH is 1. The first-order valence-electron chi connectivity index (χ1n) is 6.18. The molecule has 1 aliphatic heterocycles. The van der Waals surface area contributed by atoms with Crippen LogP contribution in [0.25, 0.3) is 0 Å². The molecule has 0 aliphatic carbocycles. The molecule has 6 heteroatoms. The van der Waals surface area contributed by atoms with Crippen molar-refractivity contribution in [1.29, 1.82) is 0 Å². The summed E-state index contributed by atoms with van der Waals surface area (Å²) >= 11 is 0. The number of esters is 1. The lowest BCUT2D eigenvalue weighted by molar-refractivity contribution is -0.661. The highest BCUT2D eigenvalue weighted by atomic mass is 35.5. The number of quaternary nitrogens is 1. The maximum absolute atomic E-state index is 11.4. The second-order valence-electron chi connectivity index (χ2n) is 5.16. The van der Waals surface area contributed by atoms with Crippen molar-refractivity contribution in [2.24, 2.45) is 0 Å². The second-order valence-corrected chi connectivity index (χ2v) is 5.16. The van der Waals surface area contributed by atoms with Crippen LogP contribution in [0.1, 0.15) is 33.1 Å². The van der Waals surface area contributed by atoms with E-state index in [1.807, 2.05) is 19.2 Å². The third-order valence-electron chi connectivity index (χ3n) is 3.13. The minimum atomic E-state index is -0.244. The topological polar surface area (TPSA) is 72.4 Å². The van der Waals surface area contributed by atoms with Crippen molar-refractivity contribution in [2.75, 3.05) is 20.3 Å². The molecule has 1 rings (SSSR count). The Kier molecular flexibility index (Phi) is 7.78. The Labute approximate surface area is 115 Å². The average molecular weight is 282 g/mol. The molecule has 0 bridgehead atoms. The first-order valence-corrected chi connectivity index (χ1v) is 6.18. The highest BCUT2D eigenvalue weighted by Crippen LogP contribution is 2.21. The summed E-state index contributed by atoms with van der Waals surface area (Å²) in [5.41, 5.74) is -0.244. The summed E-state index contributed by atoms with van der Waals surface area (Å²) in [6.07, 6.45) is 2.36. The van der Waals surface area contributed by atoms with Crippen LogP contribution in [0, 0.1) is 0 Å². The van der Waals surface area contributed by atoms with E-state index in [9.17, 15) is 4.79 Å². The van der Waals surface area contributed by atoms with E-state index in [1.165, 1.54) is 7.11 Å². The number of carbonyl (C=O) groups excluding carboxylic acids is 1. The van der Waals surface area contributed by atoms with Crippen LogP contribution in [0.4, 0.5) is 0 Å². The molecule has 1 heterocycles. The number of hydrogen-bond donors (Lipinski definition) is 2. The number of nitrogens with two attached hydrogens (primary N) is 1. The van der Waals surface area contributed by atoms with Crippen molar-refractivity contribution in [3.63, 3.8) is 0 Å². The first kappa shape index (κ1) is 17.6. The molecular formula is C12H24ClNO4. The summed E-state index contributed by atoms with van der Waals surface area (Å²) in [4.78, 5) is 11.4. The van der Waals surface area contributed by atoms with E-state index in [0.717, 1.165) is 19.4 Å². The summed E-state index contributed by atoms with van der Waals surface area (Å²) in [6.45, 7) is 5.03. The van der Waals surface area contributed by atoms with Gasteiger partial charge < -0.3 is 32.3 Å². The minimum absolute atomic E-state index is 0. The lowest BCUT2D eigenvalue weighted by atomic mass is 10.0. The van der Waals surface area contributed by atoms with Gasteiger partial charge in [-0.3, -0.25) is 0 Å². The standard InChI is InChI=1S/C12H23NO4.ClH/c1-12(2,5-4-6-14)17-9-7-10(13-8-9)11(15)16-3;/h9-10,13-14H,4-8H2,1-3H3;1H/t9-,10+;/m1./s1. The predicted molar refractivity (Wildman–Crippen MR) is 62.5 cm³/mol. The number of aliphatic hydroxyl groups is 1. The van der Waals surface area contributed by atoms with E-state index < -0.39 is 0 Å². The van der Waals surface area contributed by atoms with Crippen molar-refractivity contribution in [3.8, 4) is 0 Å². The van der Waals surface area contributed by atoms with Gasteiger partial charge in [0.1, 0.15) is 12.6 Å². The van der Waals surface area contributed by atoms with Gasteiger partial charge in [0.25, 0.3) is 0 Å². The fraction of sp³-hybridized carbons (Fsp3) is 0.917. The summed E-state index contributed by atoms with van der Waals surface area (Å²) in [5, 5.41) is 10.8. The molecule has 0 radical (unpaired) electrons. The summed E-state index contributed by atoms with van der Waals surface area (Å²) < 4.78 is 10.7. The fourth-order valence-electron chi connectivity index (χ4n) is 2.25. The fourth-order valence-corrected chi connectivity index (χ4v) is 2.25. The minimum Gasteiger partial charge on any atom is -1.00 e. The van der Waals surface area contributed by atoms with Crippen molar-refractivity contribution in [1.82, 2.24) is 0 Å². The Morgan fingerprint density at radius 1 is 1.50 bits per heavy atom. The lowest BCUT2D eigenvalue weighted by Gasteiger charge is -2.27. The molecule has 0 aromatic carbocycles. The SMILES string of the molecule is COC(=O)[C@@H]1C[C@@H](OC(C)(C)CCCO)C[NH2+]1.[Cl-]. The van der Waals surface area contributed by atoms with Crippen molar-refractivity contribution >= 4 is 5.97 Å². The predicted octanol–water partition coefficient (Wildman–Crippen LogP) is -3.56. The molecule has 0 aromatic rings. The van der Waals surface area contributed by atoms with Crippen LogP contribution < -0.4 is 17.7 Å². The second kappa shape index (κ2) is 7.94. The highest BCUT2D eigenvalue weighted by Gasteiger charge is 2.37. The van der Waals surface area contributed by atoms with Gasteiger partial charge in [0.15, 0.2) is 6.04 Å². The van der Waals surface area contributed by atoms with Crippen molar-refractivity contribution in [2.45, 2.75) is 50.9 Å². The third kappa shape index (κ3) is 5.52. The maximum atomic E-state index is 11.4. The molecule has 108 valence electrons. The Bertz CT molecular complexity index is 260. The van der Waals surface area contributed by atoms with Gasteiger partial charge in [-0.1, -0.05) is 0 Å². The van der Waals surface area contributed by atoms with Crippen molar-refractivity contribution in [3.05, 3.63) is 0 Å². The zero-order valence-electron chi connectivity index (χ0n) is 11.3. The number of halogens is 1. The normalized spacial score (nSPS) is 23.6. The number of rotatable bonds is 6. The van der Waals surface area contributed by atoms with E-state index in [1.54, 1.807) is 0 Å². The van der Waals surface area contributed by atoms with Crippen LogP contribution >= 0.6 is 0 Å². The number of methoxy groups -OCH3 is 1. The van der Waals surface area contributed by atoms with Gasteiger partial charge in [-0.05, 0) is 26.7 Å². The van der Waals surface area contributed by atoms with Gasteiger partial charge in [-0.25, -0.2) is 4.79 Å². The monoisotopic (exact) mass is 281 g/mol. The van der Waals surface area contributed by atoms with Crippen molar-refractivity contribution < 1.29 is 37.1 Å². The Morgan fingerprint density at radius 2 is 2.17 bits per heavy atom. The smallest absolute Gasteiger partial charge is 0.364 e. The molecule has 0 aromatic heterocycles. The maximum Gasteiger partial charge on any atom is 0.364 e. The molecule has 3 N–H and O–H groups in total. The number of hydrogen-bond acceptors (Lipinski definition) is 4. The molecule has 1 saturated heterocycles. The van der Waals surface area contributed by atoms with Gasteiger partial charge >= 0.3 is 5.97 Å². The average Bonchev–Trinajstić information content (AvgIpc) is 2.73. The van der Waals surface area contributed by atoms with Crippen LogP contribution in [0.3, 0.4) is 0 Å². The van der Waals surface area contributed by atoms with Gasteiger partial charge in [0.05, 0.1) is 12.7 Å². The molecule has 0 amide bonds. The summed E-state index contributed by atoms with van der Waals surface area (Å²) in [7, 11) is 1.41. The summed E-state index contributed by atoms with van der Waals surface area (Å²) in [5.74, 6) is -0.177. The Hall–Kier alpha value is -0.360. The molecule has 1 fully saturated rings. The van der Waals surface area contributed by atoms with E-state index in [0.29, 0.717) is 6.42 Å². The van der Waals surface area contributed by atoms with Crippen LogP contribution in [-0.4, -0.2) is 49.1 Å². The van der Waals surface area contributed by atoms with E-state index in [-0.39, 0.29) is 42.7 Å². The number of carbonyl (C=O) groups is 1. The van der Waals surface area contributed by atoms with Crippen LogP contribution in [0.15, 0.2) is 0 Å². The zero-order chi connectivity index (χ0) is 12.9. The Morgan fingerprint density at radius 3 is 2.72 bits per heavy atom. The largest absolute Gasteiger partial charge is 1.00 e. The lowest BCUT2D eigenvalue weighted by Crippen LogP contribution is -3.00. The van der Waals surface area contributed by atoms with Gasteiger partial charge in [-0.15, -0.1) is 0 Å². The first-order chi connectivity index (χ1) is 7.98. The van der Waals surface area contributed by atoms with Gasteiger partial charge in [0.2, 0.25) is 0 Å². The van der Waals surface area contributed by atoms with Crippen LogP contribution in [0.2, 0.25) is 0 Å². The van der Waals surface area contributed by atoms with Gasteiger partial charge in [0, 0.05) is 13.0 Å². The molecule has 5 nitrogen and oxygen atoms in total. The molecule has 1 aliphatic rings. The number of ether oxygens (including phenoxy) is 2. The van der Waals surface area contributed by atoms with Gasteiger partial charge in [-0.2, -0.15) is 0 Å². The molecule has 18 heavy (non-hydrogen) atoms. The zero-order valence-corrected chi connectivity index (χ0v) is 12.1. The van der Waals surface area contributed by atoms with E-state index in [4.69, 9.17) is 14.6 Å². The molecule has 0 saturated carbocycles. The van der Waals surface area contributed by atoms with E-state index in [2.05, 4.69) is 0 Å². The molecule has 2 atom stereocenters. The Balaban J connectivity index is 0.00000289. The van der Waals surface area contributed by atoms with E-state index >= 15 is 0 Å². The van der Waals surface area contributed by atoms with Crippen LogP contribution in [-0.2, 0) is 14.3 Å².